The quantitative estimate of drug-likeness (QED) is 0.460. The van der Waals surface area contributed by atoms with E-state index >= 15 is 0 Å². The summed E-state index contributed by atoms with van der Waals surface area (Å²) in [6.45, 7) is 6.28. The minimum Gasteiger partial charge on any atom is -0.372 e. The summed E-state index contributed by atoms with van der Waals surface area (Å²) in [6.07, 6.45) is 6.83. The SMILES string of the molecule is CSCOC1(C)COC(C)(CC(=O)NC[C@@H]2C=C[C@H](n3cc(C)c(=O)[nH]c3=O)O2)C1. The number of nitrogens with zero attached hydrogens (tertiary/aromatic N) is 1. The van der Waals surface area contributed by atoms with Crippen molar-refractivity contribution < 1.29 is 19.0 Å². The highest BCUT2D eigenvalue weighted by molar-refractivity contribution is 7.98. The highest BCUT2D eigenvalue weighted by atomic mass is 32.2. The number of carbonyl (C=O) groups is 1. The van der Waals surface area contributed by atoms with E-state index in [4.69, 9.17) is 14.2 Å². The molecule has 0 aromatic carbocycles. The topological polar surface area (TPSA) is 112 Å². The second kappa shape index (κ2) is 9.09. The van der Waals surface area contributed by atoms with Gasteiger partial charge in [-0.25, -0.2) is 4.79 Å². The third-order valence-corrected chi connectivity index (χ3v) is 5.61. The van der Waals surface area contributed by atoms with Crippen LogP contribution in [0.5, 0.6) is 0 Å². The van der Waals surface area contributed by atoms with E-state index in [2.05, 4.69) is 10.3 Å². The third-order valence-electron chi connectivity index (χ3n) is 5.26. The Balaban J connectivity index is 1.48. The van der Waals surface area contributed by atoms with Gasteiger partial charge in [0.1, 0.15) is 0 Å². The van der Waals surface area contributed by atoms with E-state index in [0.29, 0.717) is 24.5 Å². The maximum atomic E-state index is 12.5. The van der Waals surface area contributed by atoms with Crippen molar-refractivity contribution in [1.82, 2.24) is 14.9 Å². The summed E-state index contributed by atoms with van der Waals surface area (Å²) in [7, 11) is 0. The Labute approximate surface area is 179 Å². The van der Waals surface area contributed by atoms with Crippen LogP contribution in [0, 0.1) is 6.92 Å². The van der Waals surface area contributed by atoms with Crippen LogP contribution in [0.2, 0.25) is 0 Å². The average Bonchev–Trinajstić information content (AvgIpc) is 3.26. The molecule has 30 heavy (non-hydrogen) atoms. The lowest BCUT2D eigenvalue weighted by Crippen LogP contribution is -2.39. The second-order valence-corrected chi connectivity index (χ2v) is 9.14. The highest BCUT2D eigenvalue weighted by Gasteiger charge is 2.45. The first-order valence-corrected chi connectivity index (χ1v) is 11.2. The number of hydrogen-bond acceptors (Lipinski definition) is 7. The zero-order valence-corrected chi connectivity index (χ0v) is 18.5. The van der Waals surface area contributed by atoms with Crippen molar-refractivity contribution >= 4 is 17.7 Å². The molecular weight excluding hydrogens is 410 g/mol. The van der Waals surface area contributed by atoms with Crippen LogP contribution in [0.4, 0.5) is 0 Å². The van der Waals surface area contributed by atoms with Crippen LogP contribution in [0.15, 0.2) is 27.9 Å². The fraction of sp³-hybridized carbons (Fsp3) is 0.650. The molecular formula is C20H29N3O6S. The second-order valence-electron chi connectivity index (χ2n) is 8.33. The van der Waals surface area contributed by atoms with E-state index in [9.17, 15) is 14.4 Å². The molecule has 1 amide bonds. The van der Waals surface area contributed by atoms with Crippen molar-refractivity contribution in [2.45, 2.75) is 57.1 Å². The molecule has 9 nitrogen and oxygen atoms in total. The van der Waals surface area contributed by atoms with Gasteiger partial charge in [-0.05, 0) is 33.1 Å². The molecule has 0 bridgehead atoms. The Hall–Kier alpha value is -1.88. The normalized spacial score (nSPS) is 30.7. The minimum atomic E-state index is -0.625. The van der Waals surface area contributed by atoms with Gasteiger partial charge in [0.2, 0.25) is 5.91 Å². The molecule has 2 aliphatic heterocycles. The van der Waals surface area contributed by atoms with Crippen molar-refractivity contribution in [3.63, 3.8) is 0 Å². The Kier molecular flexibility index (Phi) is 6.91. The number of amides is 1. The lowest BCUT2D eigenvalue weighted by Gasteiger charge is -2.26. The minimum absolute atomic E-state index is 0.135. The fourth-order valence-corrected chi connectivity index (χ4v) is 4.18. The van der Waals surface area contributed by atoms with Crippen LogP contribution in [-0.2, 0) is 19.0 Å². The summed E-state index contributed by atoms with van der Waals surface area (Å²) in [5, 5.41) is 2.87. The van der Waals surface area contributed by atoms with Crippen molar-refractivity contribution in [2.75, 3.05) is 25.3 Å². The summed E-state index contributed by atoms with van der Waals surface area (Å²) >= 11 is 1.61. The Morgan fingerprint density at radius 1 is 1.40 bits per heavy atom. The lowest BCUT2D eigenvalue weighted by molar-refractivity contribution is -0.126. The zero-order chi connectivity index (χ0) is 21.9. The molecule has 0 aliphatic carbocycles. The van der Waals surface area contributed by atoms with Crippen LogP contribution >= 0.6 is 11.8 Å². The van der Waals surface area contributed by atoms with Crippen LogP contribution in [0.3, 0.4) is 0 Å². The smallest absolute Gasteiger partial charge is 0.330 e. The number of H-pyrrole nitrogens is 1. The van der Waals surface area contributed by atoms with Crippen molar-refractivity contribution in [2.24, 2.45) is 0 Å². The monoisotopic (exact) mass is 439 g/mol. The van der Waals surface area contributed by atoms with E-state index in [1.165, 1.54) is 10.8 Å². The molecule has 4 atom stereocenters. The average molecular weight is 440 g/mol. The highest BCUT2D eigenvalue weighted by Crippen LogP contribution is 2.37. The maximum absolute atomic E-state index is 12.5. The molecule has 3 rings (SSSR count). The number of rotatable bonds is 8. The molecule has 2 aliphatic rings. The van der Waals surface area contributed by atoms with Crippen LogP contribution in [0.1, 0.15) is 38.5 Å². The largest absolute Gasteiger partial charge is 0.372 e. The number of hydrogen-bond donors (Lipinski definition) is 2. The predicted molar refractivity (Wildman–Crippen MR) is 114 cm³/mol. The summed E-state index contributed by atoms with van der Waals surface area (Å²) in [5.74, 6) is 0.455. The molecule has 3 heterocycles. The number of nitrogens with one attached hydrogen (secondary N) is 2. The lowest BCUT2D eigenvalue weighted by atomic mass is 9.90. The van der Waals surface area contributed by atoms with Crippen molar-refractivity contribution in [1.29, 1.82) is 0 Å². The molecule has 0 spiro atoms. The summed E-state index contributed by atoms with van der Waals surface area (Å²) < 4.78 is 18.9. The summed E-state index contributed by atoms with van der Waals surface area (Å²) in [4.78, 5) is 38.2. The van der Waals surface area contributed by atoms with Gasteiger partial charge in [0, 0.05) is 24.7 Å². The molecule has 1 aromatic rings. The van der Waals surface area contributed by atoms with Crippen LogP contribution in [0.25, 0.3) is 0 Å². The molecule has 2 unspecified atom stereocenters. The van der Waals surface area contributed by atoms with Crippen LogP contribution in [-0.4, -0.2) is 58.1 Å². The van der Waals surface area contributed by atoms with Gasteiger partial charge in [0.15, 0.2) is 6.23 Å². The predicted octanol–water partition coefficient (Wildman–Crippen LogP) is 1.08. The van der Waals surface area contributed by atoms with E-state index < -0.39 is 23.1 Å². The number of carbonyl (C=O) groups excluding carboxylic acids is 1. The molecule has 1 saturated heterocycles. The first-order valence-electron chi connectivity index (χ1n) is 9.82. The fourth-order valence-electron chi connectivity index (χ4n) is 3.78. The summed E-state index contributed by atoms with van der Waals surface area (Å²) in [6, 6.07) is 0. The van der Waals surface area contributed by atoms with Gasteiger partial charge in [-0.3, -0.25) is 19.1 Å². The first-order chi connectivity index (χ1) is 14.1. The van der Waals surface area contributed by atoms with Gasteiger partial charge in [0.25, 0.3) is 5.56 Å². The number of aromatic nitrogens is 2. The van der Waals surface area contributed by atoms with E-state index in [1.807, 2.05) is 20.1 Å². The van der Waals surface area contributed by atoms with E-state index in [1.54, 1.807) is 30.8 Å². The van der Waals surface area contributed by atoms with Crippen molar-refractivity contribution in [3.8, 4) is 0 Å². The molecule has 1 aromatic heterocycles. The third kappa shape index (κ3) is 5.42. The Morgan fingerprint density at radius 2 is 2.17 bits per heavy atom. The molecule has 166 valence electrons. The van der Waals surface area contributed by atoms with E-state index in [0.717, 1.165) is 0 Å². The standard InChI is InChI=1S/C20H29N3O6S/c1-13-9-23(18(26)22-17(13)25)16-6-5-14(29-16)8-21-15(24)7-19(2)10-20(3,11-27-19)28-12-30-4/h5-6,9,14,16H,7-8,10-12H2,1-4H3,(H,21,24)(H,22,25,26)/t14-,16+,19?,20?/m0/s1. The van der Waals surface area contributed by atoms with Gasteiger partial charge in [-0.15, -0.1) is 11.8 Å². The van der Waals surface area contributed by atoms with Gasteiger partial charge in [-0.2, -0.15) is 0 Å². The van der Waals surface area contributed by atoms with E-state index in [-0.39, 0.29) is 30.6 Å². The molecule has 0 radical (unpaired) electrons. The van der Waals surface area contributed by atoms with Crippen molar-refractivity contribution in [3.05, 3.63) is 44.8 Å². The molecule has 0 saturated carbocycles. The van der Waals surface area contributed by atoms with Gasteiger partial charge < -0.3 is 19.5 Å². The Morgan fingerprint density at radius 3 is 2.90 bits per heavy atom. The maximum Gasteiger partial charge on any atom is 0.330 e. The molecule has 2 N–H and O–H groups in total. The number of ether oxygens (including phenoxy) is 3. The molecule has 10 heteroatoms. The van der Waals surface area contributed by atoms with Gasteiger partial charge >= 0.3 is 5.69 Å². The Bertz CT molecular complexity index is 928. The summed E-state index contributed by atoms with van der Waals surface area (Å²) in [5.41, 5.74) is -1.50. The zero-order valence-electron chi connectivity index (χ0n) is 17.7. The molecule has 1 fully saturated rings. The number of thioether (sulfide) groups is 1. The number of aryl methyl sites for hydroxylation is 1. The first kappa shape index (κ1) is 22.8. The number of aromatic amines is 1. The van der Waals surface area contributed by atoms with Crippen LogP contribution < -0.4 is 16.6 Å². The van der Waals surface area contributed by atoms with Gasteiger partial charge in [-0.1, -0.05) is 6.08 Å². The van der Waals surface area contributed by atoms with Gasteiger partial charge in [0.05, 0.1) is 36.3 Å².